The summed E-state index contributed by atoms with van der Waals surface area (Å²) in [5.74, 6) is -0.405. The molecule has 4 aromatic carbocycles. The molecule has 0 spiro atoms. The second-order valence-corrected chi connectivity index (χ2v) is 9.76. The number of barbiturate groups is 1. The SMILES string of the molecule is CCOc1cc(/C=C2\C(=O)NC(=O)N(c3cc(C)ccc3C)C2=O)ccc1OCc1c(C)ccc2ccccc12. The molecule has 202 valence electrons. The summed E-state index contributed by atoms with van der Waals surface area (Å²) in [7, 11) is 0. The van der Waals surface area contributed by atoms with Gasteiger partial charge < -0.3 is 9.47 Å². The minimum atomic E-state index is -0.775. The Labute approximate surface area is 233 Å². The third kappa shape index (κ3) is 5.18. The smallest absolute Gasteiger partial charge is 0.335 e. The Kier molecular flexibility index (Phi) is 7.38. The number of rotatable bonds is 7. The molecule has 0 aromatic heterocycles. The van der Waals surface area contributed by atoms with Gasteiger partial charge in [0.05, 0.1) is 12.3 Å². The molecule has 7 nitrogen and oxygen atoms in total. The zero-order valence-electron chi connectivity index (χ0n) is 22.9. The first-order valence-corrected chi connectivity index (χ1v) is 13.1. The number of fused-ring (bicyclic) bond motifs is 1. The van der Waals surface area contributed by atoms with Gasteiger partial charge in [0.2, 0.25) is 0 Å². The van der Waals surface area contributed by atoms with Gasteiger partial charge in [0, 0.05) is 5.56 Å². The Balaban J connectivity index is 1.45. The molecule has 1 N–H and O–H groups in total. The van der Waals surface area contributed by atoms with Crippen molar-refractivity contribution in [3.8, 4) is 11.5 Å². The van der Waals surface area contributed by atoms with Gasteiger partial charge in [-0.05, 0) is 85.0 Å². The highest BCUT2D eigenvalue weighted by Gasteiger charge is 2.37. The molecule has 0 radical (unpaired) electrons. The number of benzene rings is 4. The Morgan fingerprint density at radius 2 is 1.60 bits per heavy atom. The third-order valence-corrected chi connectivity index (χ3v) is 6.93. The number of hydrogen-bond donors (Lipinski definition) is 1. The van der Waals surface area contributed by atoms with Crippen LogP contribution in [0.3, 0.4) is 0 Å². The van der Waals surface area contributed by atoms with E-state index >= 15 is 0 Å². The lowest BCUT2D eigenvalue weighted by Gasteiger charge is -2.27. The summed E-state index contributed by atoms with van der Waals surface area (Å²) in [6.07, 6.45) is 1.46. The van der Waals surface area contributed by atoms with Crippen LogP contribution in [-0.4, -0.2) is 24.5 Å². The van der Waals surface area contributed by atoms with Crippen molar-refractivity contribution in [1.82, 2.24) is 5.32 Å². The van der Waals surface area contributed by atoms with E-state index in [4.69, 9.17) is 9.47 Å². The Morgan fingerprint density at radius 1 is 0.825 bits per heavy atom. The number of nitrogens with one attached hydrogen (secondary N) is 1. The lowest BCUT2D eigenvalue weighted by Crippen LogP contribution is -2.54. The number of hydrogen-bond acceptors (Lipinski definition) is 5. The molecule has 0 bridgehead atoms. The molecule has 1 fully saturated rings. The molecule has 4 amide bonds. The zero-order chi connectivity index (χ0) is 28.4. The van der Waals surface area contributed by atoms with E-state index in [9.17, 15) is 14.4 Å². The monoisotopic (exact) mass is 534 g/mol. The average molecular weight is 535 g/mol. The van der Waals surface area contributed by atoms with Crippen molar-refractivity contribution >= 4 is 40.4 Å². The number of ether oxygens (including phenoxy) is 2. The summed E-state index contributed by atoms with van der Waals surface area (Å²) in [6.45, 7) is 8.36. The Bertz CT molecular complexity index is 1690. The van der Waals surface area contributed by atoms with Crippen molar-refractivity contribution in [3.63, 3.8) is 0 Å². The fraction of sp³-hybridized carbons (Fsp3) is 0.182. The van der Waals surface area contributed by atoms with Crippen LogP contribution in [-0.2, 0) is 16.2 Å². The summed E-state index contributed by atoms with van der Waals surface area (Å²) in [6, 6.07) is 22.3. The van der Waals surface area contributed by atoms with Crippen molar-refractivity contribution in [2.24, 2.45) is 0 Å². The van der Waals surface area contributed by atoms with Crippen LogP contribution in [0, 0.1) is 20.8 Å². The van der Waals surface area contributed by atoms with E-state index in [1.165, 1.54) is 6.08 Å². The second kappa shape index (κ2) is 11.1. The fourth-order valence-electron chi connectivity index (χ4n) is 4.79. The van der Waals surface area contributed by atoms with E-state index in [0.29, 0.717) is 36.0 Å². The first-order chi connectivity index (χ1) is 19.3. The average Bonchev–Trinajstić information content (AvgIpc) is 2.93. The van der Waals surface area contributed by atoms with Crippen LogP contribution in [0.15, 0.2) is 78.4 Å². The normalized spacial score (nSPS) is 14.6. The molecule has 1 saturated heterocycles. The maximum Gasteiger partial charge on any atom is 0.335 e. The number of amides is 4. The molecular weight excluding hydrogens is 504 g/mol. The van der Waals surface area contributed by atoms with E-state index in [1.54, 1.807) is 24.3 Å². The molecule has 1 aliphatic heterocycles. The largest absolute Gasteiger partial charge is 0.490 e. The van der Waals surface area contributed by atoms with Crippen LogP contribution in [0.4, 0.5) is 10.5 Å². The fourth-order valence-corrected chi connectivity index (χ4v) is 4.79. The molecule has 0 saturated carbocycles. The van der Waals surface area contributed by atoms with Gasteiger partial charge in [0.25, 0.3) is 11.8 Å². The predicted molar refractivity (Wildman–Crippen MR) is 156 cm³/mol. The lowest BCUT2D eigenvalue weighted by molar-refractivity contribution is -0.122. The number of imide groups is 2. The van der Waals surface area contributed by atoms with Crippen LogP contribution in [0.1, 0.15) is 34.7 Å². The maximum atomic E-state index is 13.4. The minimum Gasteiger partial charge on any atom is -0.490 e. The van der Waals surface area contributed by atoms with E-state index in [2.05, 4.69) is 36.5 Å². The highest BCUT2D eigenvalue weighted by atomic mass is 16.5. The maximum absolute atomic E-state index is 13.4. The highest BCUT2D eigenvalue weighted by molar-refractivity contribution is 6.39. The number of carbonyl (C=O) groups is 3. The zero-order valence-corrected chi connectivity index (χ0v) is 22.9. The molecule has 0 atom stereocenters. The van der Waals surface area contributed by atoms with Gasteiger partial charge in [-0.1, -0.05) is 54.6 Å². The molecule has 0 unspecified atom stereocenters. The van der Waals surface area contributed by atoms with Crippen molar-refractivity contribution in [2.75, 3.05) is 11.5 Å². The second-order valence-electron chi connectivity index (χ2n) is 9.76. The summed E-state index contributed by atoms with van der Waals surface area (Å²) >= 11 is 0. The number of anilines is 1. The Morgan fingerprint density at radius 3 is 2.40 bits per heavy atom. The van der Waals surface area contributed by atoms with Crippen LogP contribution in [0.5, 0.6) is 11.5 Å². The van der Waals surface area contributed by atoms with Gasteiger partial charge in [0.1, 0.15) is 12.2 Å². The third-order valence-electron chi connectivity index (χ3n) is 6.93. The number of urea groups is 1. The molecular formula is C33H30N2O5. The molecule has 7 heteroatoms. The molecule has 40 heavy (non-hydrogen) atoms. The van der Waals surface area contributed by atoms with E-state index in [-0.39, 0.29) is 5.57 Å². The van der Waals surface area contributed by atoms with E-state index in [1.807, 2.05) is 45.0 Å². The number of aryl methyl sites for hydroxylation is 3. The predicted octanol–water partition coefficient (Wildman–Crippen LogP) is 6.41. The molecule has 4 aromatic rings. The van der Waals surface area contributed by atoms with Crippen LogP contribution in [0.2, 0.25) is 0 Å². The standard InChI is InChI=1S/C33H30N2O5/c1-5-39-30-18-23(13-15-29(30)40-19-27-21(3)12-14-24-8-6-7-9-25(24)27)17-26-31(36)34-33(38)35(32(26)37)28-16-20(2)10-11-22(28)4/h6-18H,5,19H2,1-4H3,(H,34,36,38)/b26-17+. The van der Waals surface area contributed by atoms with Gasteiger partial charge in [0.15, 0.2) is 11.5 Å². The molecule has 5 rings (SSSR count). The summed E-state index contributed by atoms with van der Waals surface area (Å²) in [4.78, 5) is 39.8. The summed E-state index contributed by atoms with van der Waals surface area (Å²) < 4.78 is 12.1. The quantitative estimate of drug-likeness (QED) is 0.219. The van der Waals surface area contributed by atoms with Crippen LogP contribution >= 0.6 is 0 Å². The van der Waals surface area contributed by atoms with Gasteiger partial charge in [-0.15, -0.1) is 0 Å². The van der Waals surface area contributed by atoms with Gasteiger partial charge in [-0.3, -0.25) is 14.9 Å². The van der Waals surface area contributed by atoms with Gasteiger partial charge in [-0.25, -0.2) is 9.69 Å². The van der Waals surface area contributed by atoms with Crippen molar-refractivity contribution < 1.29 is 23.9 Å². The summed E-state index contributed by atoms with van der Waals surface area (Å²) in [5, 5.41) is 4.56. The van der Waals surface area contributed by atoms with Crippen molar-refractivity contribution in [3.05, 3.63) is 106 Å². The van der Waals surface area contributed by atoms with Crippen LogP contribution in [0.25, 0.3) is 16.8 Å². The molecule has 1 heterocycles. The summed E-state index contributed by atoms with van der Waals surface area (Å²) in [5.41, 5.74) is 4.69. The Hall–Kier alpha value is -4.91. The minimum absolute atomic E-state index is 0.150. The lowest BCUT2D eigenvalue weighted by atomic mass is 10.0. The van der Waals surface area contributed by atoms with Crippen molar-refractivity contribution in [1.29, 1.82) is 0 Å². The topological polar surface area (TPSA) is 84.9 Å². The number of nitrogens with zero attached hydrogens (tertiary/aromatic N) is 1. The van der Waals surface area contributed by atoms with Crippen molar-refractivity contribution in [2.45, 2.75) is 34.3 Å². The highest BCUT2D eigenvalue weighted by Crippen LogP contribution is 2.33. The van der Waals surface area contributed by atoms with E-state index in [0.717, 1.165) is 37.9 Å². The molecule has 1 aliphatic rings. The number of carbonyl (C=O) groups excluding carboxylic acids is 3. The van der Waals surface area contributed by atoms with Crippen LogP contribution < -0.4 is 19.7 Å². The first-order valence-electron chi connectivity index (χ1n) is 13.1. The van der Waals surface area contributed by atoms with Gasteiger partial charge in [-0.2, -0.15) is 0 Å². The van der Waals surface area contributed by atoms with Gasteiger partial charge >= 0.3 is 6.03 Å². The van der Waals surface area contributed by atoms with E-state index < -0.39 is 17.8 Å². The first kappa shape index (κ1) is 26.7. The molecule has 0 aliphatic carbocycles.